The van der Waals surface area contributed by atoms with E-state index in [4.69, 9.17) is 4.74 Å². The number of unbranched alkanes of at least 4 members (excludes halogenated alkanes) is 1. The molecule has 0 aromatic heterocycles. The average Bonchev–Trinajstić information content (AvgIpc) is 2.62. The second kappa shape index (κ2) is 9.11. The number of aryl methyl sites for hydroxylation is 1. The van der Waals surface area contributed by atoms with Gasteiger partial charge >= 0.3 is 0 Å². The second-order valence-electron chi connectivity index (χ2n) is 6.01. The van der Waals surface area contributed by atoms with Gasteiger partial charge in [0, 0.05) is 18.3 Å². The van der Waals surface area contributed by atoms with Gasteiger partial charge in [0.2, 0.25) is 0 Å². The SMILES string of the molecule is CCCCOc1ccc(C(=O)N(C)c2ccc(CCC)cc2)cc1. The lowest BCUT2D eigenvalue weighted by molar-refractivity contribution is 0.0993. The number of hydrogen-bond donors (Lipinski definition) is 0. The molecule has 0 aliphatic rings. The van der Waals surface area contributed by atoms with Gasteiger partial charge in [0.25, 0.3) is 5.91 Å². The summed E-state index contributed by atoms with van der Waals surface area (Å²) in [5.74, 6) is 0.796. The third kappa shape index (κ3) is 4.85. The van der Waals surface area contributed by atoms with Crippen LogP contribution in [0.15, 0.2) is 48.5 Å². The molecule has 0 aliphatic heterocycles. The molecule has 2 aromatic carbocycles. The highest BCUT2D eigenvalue weighted by Gasteiger charge is 2.13. The van der Waals surface area contributed by atoms with Gasteiger partial charge < -0.3 is 9.64 Å². The topological polar surface area (TPSA) is 29.5 Å². The van der Waals surface area contributed by atoms with Gasteiger partial charge in [-0.2, -0.15) is 0 Å². The summed E-state index contributed by atoms with van der Waals surface area (Å²) in [6, 6.07) is 15.6. The average molecular weight is 325 g/mol. The molecule has 0 N–H and O–H groups in total. The van der Waals surface area contributed by atoms with Gasteiger partial charge in [-0.3, -0.25) is 4.79 Å². The van der Waals surface area contributed by atoms with E-state index in [0.717, 1.165) is 37.1 Å². The Balaban J connectivity index is 2.01. The number of amides is 1. The van der Waals surface area contributed by atoms with Gasteiger partial charge in [-0.05, 0) is 54.8 Å². The quantitative estimate of drug-likeness (QED) is 0.632. The molecule has 3 heteroatoms. The molecule has 0 saturated heterocycles. The lowest BCUT2D eigenvalue weighted by Gasteiger charge is -2.18. The number of ether oxygens (including phenoxy) is 1. The Kier molecular flexibility index (Phi) is 6.86. The second-order valence-corrected chi connectivity index (χ2v) is 6.01. The monoisotopic (exact) mass is 325 g/mol. The van der Waals surface area contributed by atoms with Crippen LogP contribution in [0.3, 0.4) is 0 Å². The maximum absolute atomic E-state index is 12.6. The van der Waals surface area contributed by atoms with Gasteiger partial charge in [0.1, 0.15) is 5.75 Å². The fraction of sp³-hybridized carbons (Fsp3) is 0.381. The Morgan fingerprint density at radius 2 is 1.62 bits per heavy atom. The molecule has 0 spiro atoms. The van der Waals surface area contributed by atoms with E-state index in [9.17, 15) is 4.79 Å². The summed E-state index contributed by atoms with van der Waals surface area (Å²) in [4.78, 5) is 14.3. The normalized spacial score (nSPS) is 10.5. The fourth-order valence-electron chi connectivity index (χ4n) is 2.51. The molecule has 2 aromatic rings. The van der Waals surface area contributed by atoms with Crippen LogP contribution in [-0.2, 0) is 6.42 Å². The van der Waals surface area contributed by atoms with Crippen molar-refractivity contribution in [2.75, 3.05) is 18.6 Å². The predicted molar refractivity (Wildman–Crippen MR) is 100 cm³/mol. The third-order valence-electron chi connectivity index (χ3n) is 4.03. The molecule has 0 heterocycles. The van der Waals surface area contributed by atoms with E-state index < -0.39 is 0 Å². The molecule has 128 valence electrons. The summed E-state index contributed by atoms with van der Waals surface area (Å²) in [5, 5.41) is 0. The van der Waals surface area contributed by atoms with Crippen LogP contribution in [0.4, 0.5) is 5.69 Å². The van der Waals surface area contributed by atoms with Crippen LogP contribution in [0.25, 0.3) is 0 Å². The number of hydrogen-bond acceptors (Lipinski definition) is 2. The number of anilines is 1. The Bertz CT molecular complexity index is 632. The van der Waals surface area contributed by atoms with Gasteiger partial charge in [0.15, 0.2) is 0 Å². The third-order valence-corrected chi connectivity index (χ3v) is 4.03. The summed E-state index contributed by atoms with van der Waals surface area (Å²) < 4.78 is 5.64. The van der Waals surface area contributed by atoms with Gasteiger partial charge in [-0.1, -0.05) is 38.8 Å². The van der Waals surface area contributed by atoms with Crippen LogP contribution in [0.5, 0.6) is 5.75 Å². The van der Waals surface area contributed by atoms with Crippen molar-refractivity contribution >= 4 is 11.6 Å². The molecule has 3 nitrogen and oxygen atoms in total. The molecule has 2 rings (SSSR count). The van der Waals surface area contributed by atoms with Gasteiger partial charge in [-0.25, -0.2) is 0 Å². The van der Waals surface area contributed by atoms with Crippen LogP contribution in [0, 0.1) is 0 Å². The molecule has 0 radical (unpaired) electrons. The van der Waals surface area contributed by atoms with E-state index >= 15 is 0 Å². The highest BCUT2D eigenvalue weighted by atomic mass is 16.5. The van der Waals surface area contributed by atoms with E-state index in [0.29, 0.717) is 12.2 Å². The van der Waals surface area contributed by atoms with Crippen molar-refractivity contribution < 1.29 is 9.53 Å². The number of benzene rings is 2. The predicted octanol–water partition coefficient (Wildman–Crippen LogP) is 5.09. The van der Waals surface area contributed by atoms with Crippen molar-refractivity contribution in [2.24, 2.45) is 0 Å². The van der Waals surface area contributed by atoms with Gasteiger partial charge in [0.05, 0.1) is 6.61 Å². The molecule has 1 amide bonds. The van der Waals surface area contributed by atoms with E-state index in [-0.39, 0.29) is 5.91 Å². The van der Waals surface area contributed by atoms with Crippen molar-refractivity contribution in [3.8, 4) is 5.75 Å². The summed E-state index contributed by atoms with van der Waals surface area (Å²) in [6.45, 7) is 5.02. The summed E-state index contributed by atoms with van der Waals surface area (Å²) in [7, 11) is 1.81. The fourth-order valence-corrected chi connectivity index (χ4v) is 2.51. The first-order valence-electron chi connectivity index (χ1n) is 8.75. The lowest BCUT2D eigenvalue weighted by atomic mass is 10.1. The first-order chi connectivity index (χ1) is 11.7. The van der Waals surface area contributed by atoms with Crippen molar-refractivity contribution in [1.29, 1.82) is 0 Å². The molecule has 0 bridgehead atoms. The smallest absolute Gasteiger partial charge is 0.258 e. The molecular formula is C21H27NO2. The van der Waals surface area contributed by atoms with Crippen molar-refractivity contribution in [3.63, 3.8) is 0 Å². The summed E-state index contributed by atoms with van der Waals surface area (Å²) in [5.41, 5.74) is 2.87. The van der Waals surface area contributed by atoms with Crippen molar-refractivity contribution in [2.45, 2.75) is 39.5 Å². The minimum atomic E-state index is -0.0154. The van der Waals surface area contributed by atoms with Gasteiger partial charge in [-0.15, -0.1) is 0 Å². The first-order valence-corrected chi connectivity index (χ1v) is 8.75. The maximum Gasteiger partial charge on any atom is 0.258 e. The number of rotatable bonds is 8. The van der Waals surface area contributed by atoms with Crippen molar-refractivity contribution in [1.82, 2.24) is 0 Å². The Morgan fingerprint density at radius 3 is 2.21 bits per heavy atom. The van der Waals surface area contributed by atoms with E-state index in [1.807, 2.05) is 43.4 Å². The number of carbonyl (C=O) groups is 1. The van der Waals surface area contributed by atoms with E-state index in [1.165, 1.54) is 5.56 Å². The number of nitrogens with zero attached hydrogens (tertiary/aromatic N) is 1. The minimum Gasteiger partial charge on any atom is -0.494 e. The van der Waals surface area contributed by atoms with Crippen LogP contribution < -0.4 is 9.64 Å². The standard InChI is InChI=1S/C21H27NO2/c1-4-6-16-24-20-14-10-18(11-15-20)21(23)22(3)19-12-8-17(7-5-2)9-13-19/h8-15H,4-7,16H2,1-3H3. The van der Waals surface area contributed by atoms with Crippen LogP contribution in [0.1, 0.15) is 49.0 Å². The molecule has 0 fully saturated rings. The molecule has 0 aliphatic carbocycles. The minimum absolute atomic E-state index is 0.0154. The summed E-state index contributed by atoms with van der Waals surface area (Å²) >= 11 is 0. The Hall–Kier alpha value is -2.29. The lowest BCUT2D eigenvalue weighted by Crippen LogP contribution is -2.26. The number of carbonyl (C=O) groups excluding carboxylic acids is 1. The molecular weight excluding hydrogens is 298 g/mol. The molecule has 24 heavy (non-hydrogen) atoms. The molecule has 0 saturated carbocycles. The zero-order valence-corrected chi connectivity index (χ0v) is 14.9. The first kappa shape index (κ1) is 18.1. The van der Waals surface area contributed by atoms with Crippen molar-refractivity contribution in [3.05, 3.63) is 59.7 Å². The Labute approximate surface area is 145 Å². The maximum atomic E-state index is 12.6. The molecule has 0 atom stereocenters. The molecule has 0 unspecified atom stereocenters. The zero-order valence-electron chi connectivity index (χ0n) is 14.9. The zero-order chi connectivity index (χ0) is 17.4. The van der Waals surface area contributed by atoms with Crippen LogP contribution in [-0.4, -0.2) is 19.6 Å². The van der Waals surface area contributed by atoms with E-state index in [1.54, 1.807) is 4.90 Å². The highest BCUT2D eigenvalue weighted by Crippen LogP contribution is 2.19. The highest BCUT2D eigenvalue weighted by molar-refractivity contribution is 6.05. The van der Waals surface area contributed by atoms with Crippen LogP contribution in [0.2, 0.25) is 0 Å². The largest absolute Gasteiger partial charge is 0.494 e. The summed E-state index contributed by atoms with van der Waals surface area (Å²) in [6.07, 6.45) is 4.34. The van der Waals surface area contributed by atoms with Crippen LogP contribution >= 0.6 is 0 Å². The Morgan fingerprint density at radius 1 is 0.958 bits per heavy atom. The van der Waals surface area contributed by atoms with E-state index in [2.05, 4.69) is 26.0 Å².